The zero-order valence-electron chi connectivity index (χ0n) is 15.3. The van der Waals surface area contributed by atoms with Crippen molar-refractivity contribution in [2.75, 3.05) is 0 Å². The van der Waals surface area contributed by atoms with E-state index in [1.54, 1.807) is 24.3 Å². The quantitative estimate of drug-likeness (QED) is 0.326. The molecule has 0 N–H and O–H groups in total. The first-order valence-electron chi connectivity index (χ1n) is 7.74. The molecule has 0 amide bonds. The number of halogens is 3. The van der Waals surface area contributed by atoms with Crippen LogP contribution >= 0.6 is 0 Å². The van der Waals surface area contributed by atoms with Gasteiger partial charge in [0.2, 0.25) is 0 Å². The molecule has 0 aromatic rings. The molecule has 0 nitrogen and oxygen atoms in total. The van der Waals surface area contributed by atoms with Crippen LogP contribution in [0.1, 0.15) is 0 Å². The number of allylic oxidation sites excluding steroid dienone is 16. The third kappa shape index (κ3) is 7.61. The average Bonchev–Trinajstić information content (AvgIpc) is 2.66. The maximum Gasteiger partial charge on any atom is 0.166 e. The highest BCUT2D eigenvalue weighted by molar-refractivity contribution is 5.56. The van der Waals surface area contributed by atoms with Crippen molar-refractivity contribution in [2.45, 2.75) is 0 Å². The van der Waals surface area contributed by atoms with Crippen molar-refractivity contribution in [2.24, 2.45) is 0 Å². The van der Waals surface area contributed by atoms with E-state index in [2.05, 4.69) is 52.6 Å². The van der Waals surface area contributed by atoms with Crippen LogP contribution in [0.25, 0.3) is 0 Å². The number of hydrogen-bond donors (Lipinski definition) is 0. The Bertz CT molecular complexity index is 837. The van der Waals surface area contributed by atoms with Gasteiger partial charge in [-0.3, -0.25) is 0 Å². The third-order valence-corrected chi connectivity index (χ3v) is 3.34. The third-order valence-electron chi connectivity index (χ3n) is 3.34. The van der Waals surface area contributed by atoms with E-state index < -0.39 is 23.1 Å². The second-order valence-electron chi connectivity index (χ2n) is 5.35. The molecule has 0 saturated carbocycles. The van der Waals surface area contributed by atoms with Gasteiger partial charge in [-0.2, -0.15) is 0 Å². The van der Waals surface area contributed by atoms with Crippen molar-refractivity contribution >= 4 is 0 Å². The highest BCUT2D eigenvalue weighted by Gasteiger charge is 2.16. The molecule has 0 aliphatic rings. The van der Waals surface area contributed by atoms with Crippen LogP contribution in [0.5, 0.6) is 0 Å². The maximum absolute atomic E-state index is 14.3. The van der Waals surface area contributed by atoms with Gasteiger partial charge in [0, 0.05) is 11.1 Å². The Morgan fingerprint density at radius 2 is 1.04 bits per heavy atom. The highest BCUT2D eigenvalue weighted by atomic mass is 19.2. The lowest BCUT2D eigenvalue weighted by molar-refractivity contribution is 0.560. The molecule has 0 fully saturated rings. The molecule has 140 valence electrons. The van der Waals surface area contributed by atoms with Gasteiger partial charge in [-0.15, -0.1) is 0 Å². The summed E-state index contributed by atoms with van der Waals surface area (Å²) in [6.45, 7) is 28.3. The minimum Gasteiger partial charge on any atom is -0.207 e. The lowest BCUT2D eigenvalue weighted by Crippen LogP contribution is -1.93. The fraction of sp³-hybridized carbons (Fsp3) is 0. The molecule has 0 aliphatic carbocycles. The van der Waals surface area contributed by atoms with E-state index in [-0.39, 0.29) is 16.7 Å². The molecule has 0 radical (unpaired) electrons. The fourth-order valence-electron chi connectivity index (χ4n) is 1.56. The Hall–Kier alpha value is -3.33. The van der Waals surface area contributed by atoms with Crippen LogP contribution < -0.4 is 0 Å². The van der Waals surface area contributed by atoms with E-state index in [1.165, 1.54) is 6.08 Å². The summed E-state index contributed by atoms with van der Waals surface area (Å²) in [5.41, 5.74) is 0.464. The molecule has 0 atom stereocenters. The topological polar surface area (TPSA) is 0 Å². The summed E-state index contributed by atoms with van der Waals surface area (Å²) in [4.78, 5) is 0. The predicted octanol–water partition coefficient (Wildman–Crippen LogP) is 7.81. The highest BCUT2D eigenvalue weighted by Crippen LogP contribution is 2.30. The molecule has 0 unspecified atom stereocenters. The number of hydrogen-bond acceptors (Lipinski definition) is 0. The van der Waals surface area contributed by atoms with Crippen molar-refractivity contribution in [3.8, 4) is 0 Å². The molecule has 0 aromatic heterocycles. The lowest BCUT2D eigenvalue weighted by Gasteiger charge is -2.08. The van der Waals surface area contributed by atoms with E-state index in [4.69, 9.17) is 0 Å². The molecular formula is C24H23F3. The van der Waals surface area contributed by atoms with Gasteiger partial charge in [0.1, 0.15) is 5.83 Å². The van der Waals surface area contributed by atoms with E-state index in [9.17, 15) is 13.2 Å². The van der Waals surface area contributed by atoms with Crippen LogP contribution in [0.15, 0.2) is 146 Å². The van der Waals surface area contributed by atoms with Crippen LogP contribution in [-0.2, 0) is 0 Å². The largest absolute Gasteiger partial charge is 0.207 e. The van der Waals surface area contributed by atoms with E-state index >= 15 is 0 Å². The second kappa shape index (κ2) is 11.3. The zero-order valence-corrected chi connectivity index (χ0v) is 15.3. The molecule has 0 aromatic carbocycles. The van der Waals surface area contributed by atoms with Gasteiger partial charge in [0.15, 0.2) is 11.7 Å². The van der Waals surface area contributed by atoms with E-state index in [0.717, 1.165) is 12.2 Å². The second-order valence-corrected chi connectivity index (χ2v) is 5.35. The molecule has 0 heterocycles. The van der Waals surface area contributed by atoms with Crippen LogP contribution in [0, 0.1) is 0 Å². The van der Waals surface area contributed by atoms with Crippen LogP contribution in [0.2, 0.25) is 0 Å². The lowest BCUT2D eigenvalue weighted by atomic mass is 10.0. The first kappa shape index (κ1) is 23.7. The maximum atomic E-state index is 14.3. The normalized spacial score (nSPS) is 12.5. The van der Waals surface area contributed by atoms with Gasteiger partial charge in [-0.25, -0.2) is 13.2 Å². The molecular weight excluding hydrogens is 345 g/mol. The van der Waals surface area contributed by atoms with Crippen molar-refractivity contribution in [3.63, 3.8) is 0 Å². The Morgan fingerprint density at radius 1 is 0.593 bits per heavy atom. The summed E-state index contributed by atoms with van der Waals surface area (Å²) in [7, 11) is 0. The van der Waals surface area contributed by atoms with Gasteiger partial charge in [0.05, 0.1) is 0 Å². The van der Waals surface area contributed by atoms with Gasteiger partial charge in [-0.1, -0.05) is 83.0 Å². The van der Waals surface area contributed by atoms with Gasteiger partial charge >= 0.3 is 0 Å². The monoisotopic (exact) mass is 368 g/mol. The number of rotatable bonds is 11. The molecule has 0 spiro atoms. The fourth-order valence-corrected chi connectivity index (χ4v) is 1.56. The first-order valence-corrected chi connectivity index (χ1v) is 7.74. The minimum atomic E-state index is -1.30. The van der Waals surface area contributed by atoms with Gasteiger partial charge in [-0.05, 0) is 34.4 Å². The average molecular weight is 368 g/mol. The standard InChI is InChI=1S/C24H23F3/c1-9-11-12-16(3)17(4)13-14-18(5)20(7)23(26)24(27)21(8)19(6)15-22(25)10-2/h9-15H,1-8H2/b12-11-,14-13-,22-15+,24-23-. The molecule has 0 saturated heterocycles. The minimum absolute atomic E-state index is 0.121. The van der Waals surface area contributed by atoms with Crippen LogP contribution in [-0.4, -0.2) is 0 Å². The summed E-state index contributed by atoms with van der Waals surface area (Å²) >= 11 is 0. The van der Waals surface area contributed by atoms with Crippen molar-refractivity contribution in [1.82, 2.24) is 0 Å². The summed E-state index contributed by atoms with van der Waals surface area (Å²) in [6.07, 6.45) is 9.75. The van der Waals surface area contributed by atoms with Gasteiger partial charge in [0.25, 0.3) is 0 Å². The SMILES string of the molecule is C=C/C=C\C(=C)C(=C)/C=C\C(=C)C(=C)/C(F)=C(/F)C(=C)C(=C)/C=C(/F)C=C. The van der Waals surface area contributed by atoms with E-state index in [0.29, 0.717) is 11.1 Å². The Labute approximate surface area is 159 Å². The summed E-state index contributed by atoms with van der Waals surface area (Å²) in [5, 5.41) is 0. The van der Waals surface area contributed by atoms with E-state index in [1.807, 2.05) is 0 Å². The smallest absolute Gasteiger partial charge is 0.166 e. The summed E-state index contributed by atoms with van der Waals surface area (Å²) < 4.78 is 41.7. The van der Waals surface area contributed by atoms with Crippen LogP contribution in [0.3, 0.4) is 0 Å². The Kier molecular flexibility index (Phi) is 9.92. The molecule has 0 rings (SSSR count). The Morgan fingerprint density at radius 3 is 1.52 bits per heavy atom. The zero-order chi connectivity index (χ0) is 21.1. The van der Waals surface area contributed by atoms with Crippen LogP contribution in [0.4, 0.5) is 13.2 Å². The summed E-state index contributed by atoms with van der Waals surface area (Å²) in [6, 6.07) is 0. The predicted molar refractivity (Wildman–Crippen MR) is 112 cm³/mol. The van der Waals surface area contributed by atoms with Crippen molar-refractivity contribution < 1.29 is 13.2 Å². The summed E-state index contributed by atoms with van der Waals surface area (Å²) in [5.74, 6) is -3.31. The molecule has 27 heavy (non-hydrogen) atoms. The molecule has 0 aliphatic heterocycles. The Balaban J connectivity index is 5.35. The van der Waals surface area contributed by atoms with Gasteiger partial charge < -0.3 is 0 Å². The van der Waals surface area contributed by atoms with Crippen molar-refractivity contribution in [3.05, 3.63) is 146 Å². The first-order chi connectivity index (χ1) is 12.6. The van der Waals surface area contributed by atoms with Crippen molar-refractivity contribution in [1.29, 1.82) is 0 Å². The molecule has 3 heteroatoms. The molecule has 0 bridgehead atoms.